The number of likely N-dealkylation sites (tertiary alicyclic amines) is 2. The maximum atomic E-state index is 14.2. The molecule has 3 heterocycles. The molecule has 20 heavy (non-hydrogen) atoms. The van der Waals surface area contributed by atoms with Crippen molar-refractivity contribution in [3.05, 3.63) is 12.7 Å². The molecule has 1 aromatic heterocycles. The van der Waals surface area contributed by atoms with Gasteiger partial charge in [-0.15, -0.1) is 0 Å². The second kappa shape index (κ2) is 4.21. The van der Waals surface area contributed by atoms with Crippen LogP contribution in [0.15, 0.2) is 12.7 Å². The van der Waals surface area contributed by atoms with Crippen molar-refractivity contribution in [1.82, 2.24) is 24.6 Å². The molecular formula is C12H17F2N5O. The van der Waals surface area contributed by atoms with Crippen molar-refractivity contribution in [3.8, 4) is 0 Å². The quantitative estimate of drug-likeness (QED) is 0.769. The summed E-state index contributed by atoms with van der Waals surface area (Å²) in [5, 5.41) is 3.73. The number of nitrogens with zero attached hydrogens (tertiary/aromatic N) is 5. The van der Waals surface area contributed by atoms with E-state index in [1.54, 1.807) is 4.90 Å². The molecule has 0 aromatic carbocycles. The van der Waals surface area contributed by atoms with Crippen LogP contribution < -0.4 is 0 Å². The van der Waals surface area contributed by atoms with Crippen LogP contribution in [-0.4, -0.2) is 68.7 Å². The summed E-state index contributed by atoms with van der Waals surface area (Å²) < 4.78 is 29.5. The predicted molar refractivity (Wildman–Crippen MR) is 66.5 cm³/mol. The first-order valence-electron chi connectivity index (χ1n) is 6.60. The summed E-state index contributed by atoms with van der Waals surface area (Å²) in [4.78, 5) is 18.8. The second-order valence-electron chi connectivity index (χ2n) is 5.96. The van der Waals surface area contributed by atoms with Crippen LogP contribution in [0, 0.1) is 5.41 Å². The molecule has 0 unspecified atom stereocenters. The van der Waals surface area contributed by atoms with Crippen LogP contribution in [0.25, 0.3) is 0 Å². The lowest BCUT2D eigenvalue weighted by atomic mass is 9.76. The molecule has 0 atom stereocenters. The normalized spacial score (nSPS) is 24.4. The standard InChI is InChI=1S/C12H17F2N5O/c1-9(2)17-3-11(12(13,14)6-17)4-18(5-11)10(20)19-8-15-7-16-19/h7-9H,3-6H2,1-2H3. The number of alkyl halides is 2. The summed E-state index contributed by atoms with van der Waals surface area (Å²) in [5.41, 5.74) is -1.10. The van der Waals surface area contributed by atoms with Crippen molar-refractivity contribution in [2.24, 2.45) is 5.41 Å². The van der Waals surface area contributed by atoms with E-state index in [0.29, 0.717) is 6.54 Å². The lowest BCUT2D eigenvalue weighted by molar-refractivity contribution is -0.142. The van der Waals surface area contributed by atoms with Gasteiger partial charge in [0.25, 0.3) is 5.92 Å². The minimum atomic E-state index is -2.75. The topological polar surface area (TPSA) is 54.3 Å². The Morgan fingerprint density at radius 2 is 1.95 bits per heavy atom. The van der Waals surface area contributed by atoms with E-state index in [2.05, 4.69) is 10.1 Å². The Bertz CT molecular complexity index is 510. The van der Waals surface area contributed by atoms with Crippen molar-refractivity contribution in [2.45, 2.75) is 25.8 Å². The number of carbonyl (C=O) groups is 1. The van der Waals surface area contributed by atoms with Crippen molar-refractivity contribution in [3.63, 3.8) is 0 Å². The number of halogens is 2. The van der Waals surface area contributed by atoms with Crippen LogP contribution in [-0.2, 0) is 0 Å². The molecule has 0 bridgehead atoms. The van der Waals surface area contributed by atoms with E-state index < -0.39 is 17.4 Å². The number of amides is 1. The molecule has 1 spiro atoms. The lowest BCUT2D eigenvalue weighted by Gasteiger charge is -2.49. The first-order valence-corrected chi connectivity index (χ1v) is 6.60. The third-order valence-corrected chi connectivity index (χ3v) is 4.29. The van der Waals surface area contributed by atoms with Gasteiger partial charge in [0.15, 0.2) is 0 Å². The first kappa shape index (κ1) is 13.4. The molecule has 3 rings (SSSR count). The second-order valence-corrected chi connectivity index (χ2v) is 5.96. The van der Waals surface area contributed by atoms with E-state index >= 15 is 0 Å². The van der Waals surface area contributed by atoms with Crippen LogP contribution in [0.4, 0.5) is 13.6 Å². The van der Waals surface area contributed by atoms with Gasteiger partial charge in [0.2, 0.25) is 0 Å². The fourth-order valence-electron chi connectivity index (χ4n) is 2.95. The molecule has 1 aromatic rings. The Kier molecular flexibility index (Phi) is 2.82. The van der Waals surface area contributed by atoms with Crippen molar-refractivity contribution in [2.75, 3.05) is 26.2 Å². The third kappa shape index (κ3) is 1.81. The lowest BCUT2D eigenvalue weighted by Crippen LogP contribution is -2.66. The van der Waals surface area contributed by atoms with Gasteiger partial charge in [0.1, 0.15) is 12.7 Å². The molecule has 2 saturated heterocycles. The van der Waals surface area contributed by atoms with Gasteiger partial charge in [0.05, 0.1) is 12.0 Å². The van der Waals surface area contributed by atoms with E-state index in [0.717, 1.165) is 4.68 Å². The van der Waals surface area contributed by atoms with E-state index in [1.165, 1.54) is 17.6 Å². The molecule has 8 heteroatoms. The first-order chi connectivity index (χ1) is 9.35. The SMILES string of the molecule is CC(C)N1CC(F)(F)C2(CN(C(=O)n3cncn3)C2)C1. The Morgan fingerprint density at radius 1 is 1.25 bits per heavy atom. The molecule has 0 N–H and O–H groups in total. The number of carbonyl (C=O) groups excluding carboxylic acids is 1. The Hall–Kier alpha value is -1.57. The summed E-state index contributed by atoms with van der Waals surface area (Å²) in [5.74, 6) is -2.75. The molecule has 2 aliphatic heterocycles. The van der Waals surface area contributed by atoms with E-state index in [4.69, 9.17) is 0 Å². The molecule has 110 valence electrons. The summed E-state index contributed by atoms with van der Waals surface area (Å²) >= 11 is 0. The molecule has 0 aliphatic carbocycles. The minimum Gasteiger partial charge on any atom is -0.321 e. The smallest absolute Gasteiger partial charge is 0.321 e. The number of rotatable bonds is 1. The highest BCUT2D eigenvalue weighted by atomic mass is 19.3. The molecular weight excluding hydrogens is 268 g/mol. The maximum Gasteiger partial charge on any atom is 0.346 e. The molecule has 6 nitrogen and oxygen atoms in total. The third-order valence-electron chi connectivity index (χ3n) is 4.29. The summed E-state index contributed by atoms with van der Waals surface area (Å²) in [6, 6.07) is -0.313. The Labute approximate surface area is 115 Å². The van der Waals surface area contributed by atoms with Crippen LogP contribution in [0.2, 0.25) is 0 Å². The zero-order chi connectivity index (χ0) is 14.5. The summed E-state index contributed by atoms with van der Waals surface area (Å²) in [6.45, 7) is 4.07. The zero-order valence-corrected chi connectivity index (χ0v) is 11.5. The van der Waals surface area contributed by atoms with Crippen molar-refractivity contribution >= 4 is 6.03 Å². The highest BCUT2D eigenvalue weighted by Crippen LogP contribution is 2.50. The average molecular weight is 285 g/mol. The van der Waals surface area contributed by atoms with Crippen molar-refractivity contribution < 1.29 is 13.6 Å². The molecule has 0 radical (unpaired) electrons. The Morgan fingerprint density at radius 3 is 2.45 bits per heavy atom. The van der Waals surface area contributed by atoms with Gasteiger partial charge in [-0.05, 0) is 13.8 Å². The monoisotopic (exact) mass is 285 g/mol. The average Bonchev–Trinajstić information content (AvgIpc) is 2.91. The fourth-order valence-corrected chi connectivity index (χ4v) is 2.95. The van der Waals surface area contributed by atoms with E-state index in [1.807, 2.05) is 13.8 Å². The number of aromatic nitrogens is 3. The number of hydrogen-bond donors (Lipinski definition) is 0. The predicted octanol–water partition coefficient (Wildman–Crippen LogP) is 0.908. The van der Waals surface area contributed by atoms with Gasteiger partial charge >= 0.3 is 6.03 Å². The largest absolute Gasteiger partial charge is 0.346 e. The van der Waals surface area contributed by atoms with Gasteiger partial charge in [-0.3, -0.25) is 4.90 Å². The minimum absolute atomic E-state index is 0.0713. The number of hydrogen-bond acceptors (Lipinski definition) is 4. The van der Waals surface area contributed by atoms with Gasteiger partial charge in [-0.25, -0.2) is 18.6 Å². The summed E-state index contributed by atoms with van der Waals surface area (Å²) in [7, 11) is 0. The highest BCUT2D eigenvalue weighted by Gasteiger charge is 2.66. The fraction of sp³-hybridized carbons (Fsp3) is 0.750. The zero-order valence-electron chi connectivity index (χ0n) is 11.5. The Balaban J connectivity index is 1.71. The summed E-state index contributed by atoms with van der Waals surface area (Å²) in [6.07, 6.45) is 2.53. The molecule has 1 amide bonds. The maximum absolute atomic E-state index is 14.2. The van der Waals surface area contributed by atoms with Crippen LogP contribution in [0.1, 0.15) is 13.8 Å². The highest BCUT2D eigenvalue weighted by molar-refractivity contribution is 5.76. The van der Waals surface area contributed by atoms with Crippen LogP contribution in [0.3, 0.4) is 0 Å². The van der Waals surface area contributed by atoms with Gasteiger partial charge in [0, 0.05) is 25.7 Å². The van der Waals surface area contributed by atoms with Gasteiger partial charge in [-0.2, -0.15) is 9.78 Å². The van der Waals surface area contributed by atoms with Crippen molar-refractivity contribution in [1.29, 1.82) is 0 Å². The molecule has 0 saturated carbocycles. The van der Waals surface area contributed by atoms with Gasteiger partial charge < -0.3 is 4.90 Å². The van der Waals surface area contributed by atoms with Crippen LogP contribution >= 0.6 is 0 Å². The van der Waals surface area contributed by atoms with E-state index in [-0.39, 0.29) is 25.7 Å². The van der Waals surface area contributed by atoms with E-state index in [9.17, 15) is 13.6 Å². The van der Waals surface area contributed by atoms with Crippen LogP contribution in [0.5, 0.6) is 0 Å². The van der Waals surface area contributed by atoms with Gasteiger partial charge in [-0.1, -0.05) is 0 Å². The molecule has 2 fully saturated rings. The molecule has 2 aliphatic rings.